The second-order valence-corrected chi connectivity index (χ2v) is 5.12. The third-order valence-electron chi connectivity index (χ3n) is 2.72. The molecule has 2 rings (SSSR count). The van der Waals surface area contributed by atoms with E-state index in [-0.39, 0.29) is 5.69 Å². The minimum atomic E-state index is -1.06. The first-order valence-electron chi connectivity index (χ1n) is 5.71. The first kappa shape index (κ1) is 14.5. The number of nitrogens with two attached hydrogens (primary N) is 1. The Bertz CT molecular complexity index is 689. The van der Waals surface area contributed by atoms with Gasteiger partial charge < -0.3 is 11.1 Å². The van der Waals surface area contributed by atoms with E-state index in [2.05, 4.69) is 21.2 Å². The number of rotatable bonds is 2. The normalized spacial score (nSPS) is 10.4. The standard InChI is InChI=1S/C14H11BrF2N2O/c1-7-2-5-11(8(15)6-7)19-14(20)12-9(16)3-4-10(18)13(12)17/h2-6H,18H2,1H3,(H,19,20). The van der Waals surface area contributed by atoms with Gasteiger partial charge in [0.15, 0.2) is 5.82 Å². The molecule has 0 saturated heterocycles. The molecule has 1 amide bonds. The molecule has 2 aromatic carbocycles. The van der Waals surface area contributed by atoms with E-state index >= 15 is 0 Å². The molecule has 0 saturated carbocycles. The van der Waals surface area contributed by atoms with Gasteiger partial charge in [-0.3, -0.25) is 4.79 Å². The Kier molecular flexibility index (Phi) is 4.04. The number of amides is 1. The summed E-state index contributed by atoms with van der Waals surface area (Å²) in [6.45, 7) is 1.88. The minimum absolute atomic E-state index is 0.278. The maximum Gasteiger partial charge on any atom is 0.261 e. The molecule has 0 aromatic heterocycles. The van der Waals surface area contributed by atoms with Crippen molar-refractivity contribution in [3.05, 3.63) is 57.6 Å². The van der Waals surface area contributed by atoms with Crippen molar-refractivity contribution in [3.63, 3.8) is 0 Å². The molecule has 3 nitrogen and oxygen atoms in total. The Morgan fingerprint density at radius 3 is 2.60 bits per heavy atom. The lowest BCUT2D eigenvalue weighted by Crippen LogP contribution is -2.17. The molecule has 0 heterocycles. The average Bonchev–Trinajstić information content (AvgIpc) is 2.38. The third-order valence-corrected chi connectivity index (χ3v) is 3.38. The third kappa shape index (κ3) is 2.80. The lowest BCUT2D eigenvalue weighted by atomic mass is 10.1. The van der Waals surface area contributed by atoms with Gasteiger partial charge in [-0.1, -0.05) is 6.07 Å². The van der Waals surface area contributed by atoms with Crippen LogP contribution in [-0.2, 0) is 0 Å². The molecule has 0 unspecified atom stereocenters. The molecule has 6 heteroatoms. The van der Waals surface area contributed by atoms with Crippen molar-refractivity contribution >= 4 is 33.2 Å². The van der Waals surface area contributed by atoms with Crippen molar-refractivity contribution in [1.82, 2.24) is 0 Å². The lowest BCUT2D eigenvalue weighted by molar-refractivity contribution is 0.101. The van der Waals surface area contributed by atoms with Crippen LogP contribution in [0.2, 0.25) is 0 Å². The first-order chi connectivity index (χ1) is 9.40. The number of hydrogen-bond acceptors (Lipinski definition) is 2. The van der Waals surface area contributed by atoms with Crippen LogP contribution in [0.4, 0.5) is 20.2 Å². The van der Waals surface area contributed by atoms with E-state index < -0.39 is 23.1 Å². The maximum atomic E-state index is 13.7. The van der Waals surface area contributed by atoms with Crippen LogP contribution in [0.25, 0.3) is 0 Å². The highest BCUT2D eigenvalue weighted by molar-refractivity contribution is 9.10. The van der Waals surface area contributed by atoms with Gasteiger partial charge in [-0.05, 0) is 52.7 Å². The molecule has 0 atom stereocenters. The van der Waals surface area contributed by atoms with Gasteiger partial charge in [-0.25, -0.2) is 8.78 Å². The first-order valence-corrected chi connectivity index (χ1v) is 6.50. The number of nitrogen functional groups attached to an aromatic ring is 1. The predicted octanol–water partition coefficient (Wildman–Crippen LogP) is 3.87. The van der Waals surface area contributed by atoms with Gasteiger partial charge in [0.1, 0.15) is 11.4 Å². The summed E-state index contributed by atoms with van der Waals surface area (Å²) in [6.07, 6.45) is 0. The van der Waals surface area contributed by atoms with Gasteiger partial charge in [0.2, 0.25) is 0 Å². The van der Waals surface area contributed by atoms with E-state index in [4.69, 9.17) is 5.73 Å². The number of hydrogen-bond donors (Lipinski definition) is 2. The van der Waals surface area contributed by atoms with Gasteiger partial charge in [-0.2, -0.15) is 0 Å². The SMILES string of the molecule is Cc1ccc(NC(=O)c2c(F)ccc(N)c2F)c(Br)c1. The largest absolute Gasteiger partial charge is 0.396 e. The minimum Gasteiger partial charge on any atom is -0.396 e. The zero-order chi connectivity index (χ0) is 14.9. The molecular weight excluding hydrogens is 330 g/mol. The Balaban J connectivity index is 2.36. The molecule has 0 bridgehead atoms. The van der Waals surface area contributed by atoms with Crippen molar-refractivity contribution in [3.8, 4) is 0 Å². The zero-order valence-electron chi connectivity index (χ0n) is 10.5. The molecule has 0 aliphatic carbocycles. The number of nitrogens with one attached hydrogen (secondary N) is 1. The Morgan fingerprint density at radius 1 is 1.25 bits per heavy atom. The van der Waals surface area contributed by atoms with Crippen molar-refractivity contribution in [1.29, 1.82) is 0 Å². The second-order valence-electron chi connectivity index (χ2n) is 4.26. The summed E-state index contributed by atoms with van der Waals surface area (Å²) in [4.78, 5) is 12.0. The van der Waals surface area contributed by atoms with Gasteiger partial charge >= 0.3 is 0 Å². The highest BCUT2D eigenvalue weighted by atomic mass is 79.9. The van der Waals surface area contributed by atoms with Crippen LogP contribution in [0.1, 0.15) is 15.9 Å². The van der Waals surface area contributed by atoms with Crippen molar-refractivity contribution in [2.75, 3.05) is 11.1 Å². The van der Waals surface area contributed by atoms with Gasteiger partial charge in [-0.15, -0.1) is 0 Å². The second kappa shape index (κ2) is 5.58. The molecule has 0 radical (unpaired) electrons. The molecule has 20 heavy (non-hydrogen) atoms. The monoisotopic (exact) mass is 340 g/mol. The molecule has 0 spiro atoms. The summed E-state index contributed by atoms with van der Waals surface area (Å²) >= 11 is 3.27. The topological polar surface area (TPSA) is 55.1 Å². The number of aryl methyl sites for hydroxylation is 1. The van der Waals surface area contributed by atoms with E-state index in [0.717, 1.165) is 17.7 Å². The Labute approximate surface area is 122 Å². The fourth-order valence-electron chi connectivity index (χ4n) is 1.68. The van der Waals surface area contributed by atoms with Crippen LogP contribution in [0, 0.1) is 18.6 Å². The summed E-state index contributed by atoms with van der Waals surface area (Å²) < 4.78 is 27.9. The number of anilines is 2. The van der Waals surface area contributed by atoms with E-state index in [0.29, 0.717) is 10.2 Å². The van der Waals surface area contributed by atoms with Crippen LogP contribution < -0.4 is 11.1 Å². The summed E-state index contributed by atoms with van der Waals surface area (Å²) in [6, 6.07) is 7.22. The number of halogens is 3. The number of carbonyl (C=O) groups is 1. The van der Waals surface area contributed by atoms with Crippen molar-refractivity contribution in [2.24, 2.45) is 0 Å². The zero-order valence-corrected chi connectivity index (χ0v) is 12.1. The van der Waals surface area contributed by atoms with Gasteiger partial charge in [0.05, 0.1) is 11.4 Å². The maximum absolute atomic E-state index is 13.7. The molecule has 2 aromatic rings. The fraction of sp³-hybridized carbons (Fsp3) is 0.0714. The summed E-state index contributed by atoms with van der Waals surface area (Å²) in [5.74, 6) is -2.92. The van der Waals surface area contributed by atoms with Crippen LogP contribution in [-0.4, -0.2) is 5.91 Å². The molecule has 3 N–H and O–H groups in total. The smallest absolute Gasteiger partial charge is 0.261 e. The van der Waals surface area contributed by atoms with Crippen molar-refractivity contribution < 1.29 is 13.6 Å². The van der Waals surface area contributed by atoms with E-state index in [1.807, 2.05) is 6.92 Å². The van der Waals surface area contributed by atoms with Crippen molar-refractivity contribution in [2.45, 2.75) is 6.92 Å². The summed E-state index contributed by atoms with van der Waals surface area (Å²) in [5.41, 5.74) is 5.77. The number of carbonyl (C=O) groups excluding carboxylic acids is 1. The predicted molar refractivity (Wildman–Crippen MR) is 77.6 cm³/mol. The summed E-state index contributed by atoms with van der Waals surface area (Å²) in [5, 5.41) is 2.44. The van der Waals surface area contributed by atoms with Crippen LogP contribution in [0.15, 0.2) is 34.8 Å². The van der Waals surface area contributed by atoms with E-state index in [9.17, 15) is 13.6 Å². The van der Waals surface area contributed by atoms with Gasteiger partial charge in [0.25, 0.3) is 5.91 Å². The lowest BCUT2D eigenvalue weighted by Gasteiger charge is -2.10. The average molecular weight is 341 g/mol. The van der Waals surface area contributed by atoms with Crippen LogP contribution in [0.5, 0.6) is 0 Å². The van der Waals surface area contributed by atoms with Gasteiger partial charge in [0, 0.05) is 4.47 Å². The molecule has 0 aliphatic rings. The molecule has 104 valence electrons. The van der Waals surface area contributed by atoms with E-state index in [1.54, 1.807) is 18.2 Å². The molecule has 0 fully saturated rings. The Morgan fingerprint density at radius 2 is 1.95 bits per heavy atom. The van der Waals surface area contributed by atoms with Crippen LogP contribution in [0.3, 0.4) is 0 Å². The van der Waals surface area contributed by atoms with Crippen LogP contribution >= 0.6 is 15.9 Å². The summed E-state index contributed by atoms with van der Waals surface area (Å²) in [7, 11) is 0. The molecule has 0 aliphatic heterocycles. The Hall–Kier alpha value is -1.95. The highest BCUT2D eigenvalue weighted by Crippen LogP contribution is 2.25. The quantitative estimate of drug-likeness (QED) is 0.815. The van der Waals surface area contributed by atoms with E-state index in [1.165, 1.54) is 0 Å². The highest BCUT2D eigenvalue weighted by Gasteiger charge is 2.20. The molecular formula is C14H11BrF2N2O. The number of benzene rings is 2. The fourth-order valence-corrected chi connectivity index (χ4v) is 2.28.